The Hall–Kier alpha value is -1.34. The summed E-state index contributed by atoms with van der Waals surface area (Å²) < 4.78 is 0.831. The minimum Gasteiger partial charge on any atom is -0.384 e. The van der Waals surface area contributed by atoms with Crippen LogP contribution in [0.5, 0.6) is 0 Å². The van der Waals surface area contributed by atoms with E-state index in [1.807, 2.05) is 0 Å². The first kappa shape index (κ1) is 13.1. The lowest BCUT2D eigenvalue weighted by Crippen LogP contribution is -2.13. The van der Waals surface area contributed by atoms with Gasteiger partial charge in [0.25, 0.3) is 5.91 Å². The molecule has 1 aromatic heterocycles. The summed E-state index contributed by atoms with van der Waals surface area (Å²) >= 11 is 7.96. The Balaban J connectivity index is 2.21. The molecule has 0 saturated heterocycles. The number of nitrogens with two attached hydrogens (primary N) is 1. The topological polar surface area (TPSA) is 68.0 Å². The first-order chi connectivity index (χ1) is 8.56. The van der Waals surface area contributed by atoms with Gasteiger partial charge in [-0.25, -0.2) is 4.98 Å². The Labute approximate surface area is 123 Å². The van der Waals surface area contributed by atoms with Crippen molar-refractivity contribution in [1.82, 2.24) is 4.98 Å². The fourth-order valence-corrected chi connectivity index (χ4v) is 2.10. The molecule has 0 radical (unpaired) electrons. The van der Waals surface area contributed by atoms with Gasteiger partial charge in [-0.3, -0.25) is 4.79 Å². The second kappa shape index (κ2) is 5.53. The molecule has 0 bridgehead atoms. The van der Waals surface area contributed by atoms with E-state index in [9.17, 15) is 4.79 Å². The Morgan fingerprint density at radius 2 is 2.11 bits per heavy atom. The van der Waals surface area contributed by atoms with Gasteiger partial charge in [0.2, 0.25) is 0 Å². The van der Waals surface area contributed by atoms with Crippen LogP contribution in [0.15, 0.2) is 36.5 Å². The number of pyridine rings is 1. The predicted molar refractivity (Wildman–Crippen MR) is 80.8 cm³/mol. The van der Waals surface area contributed by atoms with Crippen LogP contribution in [0.1, 0.15) is 10.4 Å². The highest BCUT2D eigenvalue weighted by Gasteiger charge is 2.10. The zero-order valence-electron chi connectivity index (χ0n) is 9.15. The molecular formula is C12H9ClIN3O. The molecule has 0 spiro atoms. The summed E-state index contributed by atoms with van der Waals surface area (Å²) in [5, 5.41) is 3.26. The predicted octanol–water partition coefficient (Wildman–Crippen LogP) is 3.17. The van der Waals surface area contributed by atoms with Crippen molar-refractivity contribution < 1.29 is 4.79 Å². The number of hydrogen-bond donors (Lipinski definition) is 2. The van der Waals surface area contributed by atoms with Crippen LogP contribution in [0.25, 0.3) is 0 Å². The monoisotopic (exact) mass is 373 g/mol. The van der Waals surface area contributed by atoms with Gasteiger partial charge in [0, 0.05) is 8.59 Å². The van der Waals surface area contributed by atoms with Crippen molar-refractivity contribution in [2.24, 2.45) is 0 Å². The number of nitrogen functional groups attached to an aromatic ring is 1. The van der Waals surface area contributed by atoms with Crippen molar-refractivity contribution in [2.75, 3.05) is 11.1 Å². The zero-order chi connectivity index (χ0) is 13.1. The maximum atomic E-state index is 12.0. The first-order valence-electron chi connectivity index (χ1n) is 5.04. The summed E-state index contributed by atoms with van der Waals surface area (Å²) in [5.41, 5.74) is 6.59. The van der Waals surface area contributed by atoms with Crippen molar-refractivity contribution in [2.45, 2.75) is 0 Å². The maximum Gasteiger partial charge on any atom is 0.256 e. The van der Waals surface area contributed by atoms with Gasteiger partial charge in [0.05, 0.1) is 17.4 Å². The van der Waals surface area contributed by atoms with Crippen LogP contribution >= 0.6 is 34.2 Å². The van der Waals surface area contributed by atoms with Gasteiger partial charge in [-0.1, -0.05) is 11.6 Å². The van der Waals surface area contributed by atoms with Crippen LogP contribution in [0.3, 0.4) is 0 Å². The van der Waals surface area contributed by atoms with Gasteiger partial charge in [0.1, 0.15) is 5.82 Å². The quantitative estimate of drug-likeness (QED) is 0.795. The number of rotatable bonds is 2. The average Bonchev–Trinajstić information content (AvgIpc) is 2.35. The molecule has 2 aromatic rings. The lowest BCUT2D eigenvalue weighted by Gasteiger charge is -2.07. The molecule has 6 heteroatoms. The molecule has 1 heterocycles. The summed E-state index contributed by atoms with van der Waals surface area (Å²) in [7, 11) is 0. The maximum absolute atomic E-state index is 12.0. The molecule has 3 N–H and O–H groups in total. The second-order valence-corrected chi connectivity index (χ2v) is 5.15. The number of nitrogens with zero attached hydrogens (tertiary/aromatic N) is 1. The average molecular weight is 374 g/mol. The van der Waals surface area contributed by atoms with Crippen LogP contribution in [0, 0.1) is 3.57 Å². The Bertz CT molecular complexity index is 586. The van der Waals surface area contributed by atoms with Gasteiger partial charge >= 0.3 is 0 Å². The lowest BCUT2D eigenvalue weighted by atomic mass is 10.2. The fraction of sp³-hybridized carbons (Fsp3) is 0. The summed E-state index contributed by atoms with van der Waals surface area (Å²) in [4.78, 5) is 15.9. The Kier molecular flexibility index (Phi) is 4.03. The summed E-state index contributed by atoms with van der Waals surface area (Å²) in [5.74, 6) is 0.179. The van der Waals surface area contributed by atoms with Crippen molar-refractivity contribution in [3.63, 3.8) is 0 Å². The SMILES string of the molecule is Nc1ccc(NC(=O)c2cc(Cl)ccc2I)cn1. The molecule has 0 fully saturated rings. The smallest absolute Gasteiger partial charge is 0.256 e. The van der Waals surface area contributed by atoms with Crippen LogP contribution in [-0.2, 0) is 0 Å². The summed E-state index contributed by atoms with van der Waals surface area (Å²) in [6.45, 7) is 0. The molecule has 0 atom stereocenters. The highest BCUT2D eigenvalue weighted by molar-refractivity contribution is 14.1. The molecule has 92 valence electrons. The molecule has 0 saturated carbocycles. The molecule has 1 amide bonds. The van der Waals surface area contributed by atoms with Crippen molar-refractivity contribution in [1.29, 1.82) is 0 Å². The standard InChI is InChI=1S/C12H9ClIN3O/c13-7-1-3-10(14)9(5-7)12(18)17-8-2-4-11(15)16-6-8/h1-6H,(H2,15,16)(H,17,18). The van der Waals surface area contributed by atoms with E-state index >= 15 is 0 Å². The molecule has 4 nitrogen and oxygen atoms in total. The molecule has 18 heavy (non-hydrogen) atoms. The van der Waals surface area contributed by atoms with E-state index < -0.39 is 0 Å². The number of hydrogen-bond acceptors (Lipinski definition) is 3. The highest BCUT2D eigenvalue weighted by Crippen LogP contribution is 2.19. The van der Waals surface area contributed by atoms with Crippen LogP contribution < -0.4 is 11.1 Å². The van der Waals surface area contributed by atoms with Crippen LogP contribution in [0.2, 0.25) is 5.02 Å². The van der Waals surface area contributed by atoms with Gasteiger partial charge in [0.15, 0.2) is 0 Å². The number of halogens is 2. The number of carbonyl (C=O) groups excluding carboxylic acids is 1. The van der Waals surface area contributed by atoms with Gasteiger partial charge in [-0.05, 0) is 52.9 Å². The first-order valence-corrected chi connectivity index (χ1v) is 6.50. The number of anilines is 2. The molecule has 1 aromatic carbocycles. The largest absolute Gasteiger partial charge is 0.384 e. The van der Waals surface area contributed by atoms with Crippen molar-refractivity contribution in [3.05, 3.63) is 50.7 Å². The van der Waals surface area contributed by atoms with Crippen LogP contribution in [0.4, 0.5) is 11.5 Å². The van der Waals surface area contributed by atoms with Gasteiger partial charge < -0.3 is 11.1 Å². The van der Waals surface area contributed by atoms with Crippen LogP contribution in [-0.4, -0.2) is 10.9 Å². The Morgan fingerprint density at radius 3 is 2.78 bits per heavy atom. The van der Waals surface area contributed by atoms with E-state index in [4.69, 9.17) is 17.3 Å². The molecule has 0 aliphatic heterocycles. The van der Waals surface area contributed by atoms with E-state index in [0.29, 0.717) is 22.1 Å². The number of benzene rings is 1. The van der Waals surface area contributed by atoms with E-state index in [1.54, 1.807) is 30.3 Å². The van der Waals surface area contributed by atoms with Crippen molar-refractivity contribution in [3.8, 4) is 0 Å². The number of amides is 1. The van der Waals surface area contributed by atoms with E-state index in [2.05, 4.69) is 32.9 Å². The van der Waals surface area contributed by atoms with E-state index in [-0.39, 0.29) is 5.91 Å². The lowest BCUT2D eigenvalue weighted by molar-refractivity contribution is 0.102. The zero-order valence-corrected chi connectivity index (χ0v) is 12.1. The molecule has 2 rings (SSSR count). The highest BCUT2D eigenvalue weighted by atomic mass is 127. The molecular weight excluding hydrogens is 365 g/mol. The number of carbonyl (C=O) groups is 1. The minimum atomic E-state index is -0.228. The van der Waals surface area contributed by atoms with Crippen molar-refractivity contribution >= 4 is 51.6 Å². The summed E-state index contributed by atoms with van der Waals surface area (Å²) in [6, 6.07) is 8.48. The fourth-order valence-electron chi connectivity index (χ4n) is 1.35. The third-order valence-corrected chi connectivity index (χ3v) is 3.39. The molecule has 0 aliphatic carbocycles. The second-order valence-electron chi connectivity index (χ2n) is 3.55. The normalized spacial score (nSPS) is 10.1. The molecule has 0 unspecified atom stereocenters. The number of nitrogens with one attached hydrogen (secondary N) is 1. The third kappa shape index (κ3) is 3.11. The van der Waals surface area contributed by atoms with E-state index in [0.717, 1.165) is 3.57 Å². The minimum absolute atomic E-state index is 0.228. The molecule has 0 aliphatic rings. The van der Waals surface area contributed by atoms with Gasteiger partial charge in [-0.2, -0.15) is 0 Å². The Morgan fingerprint density at radius 1 is 1.33 bits per heavy atom. The summed E-state index contributed by atoms with van der Waals surface area (Å²) in [6.07, 6.45) is 1.50. The van der Waals surface area contributed by atoms with E-state index in [1.165, 1.54) is 6.20 Å². The van der Waals surface area contributed by atoms with Gasteiger partial charge in [-0.15, -0.1) is 0 Å². The third-order valence-electron chi connectivity index (χ3n) is 2.22. The number of aromatic nitrogens is 1.